The molecule has 1 heterocycles. The standard InChI is InChI=1S/C12H13NO/c1-12(6-8-13)7-9-14-11-5-3-2-4-10(11)12/h2-5H,6-7,9H2,1H3. The summed E-state index contributed by atoms with van der Waals surface area (Å²) in [5.41, 5.74) is 1.15. The summed E-state index contributed by atoms with van der Waals surface area (Å²) in [5, 5.41) is 8.82. The summed E-state index contributed by atoms with van der Waals surface area (Å²) in [6, 6.07) is 10.3. The van der Waals surface area contributed by atoms with Gasteiger partial charge in [-0.25, -0.2) is 0 Å². The molecule has 2 nitrogen and oxygen atoms in total. The van der Waals surface area contributed by atoms with E-state index in [0.29, 0.717) is 6.42 Å². The highest BCUT2D eigenvalue weighted by molar-refractivity contribution is 5.41. The van der Waals surface area contributed by atoms with Gasteiger partial charge >= 0.3 is 0 Å². The van der Waals surface area contributed by atoms with Crippen LogP contribution in [0.15, 0.2) is 24.3 Å². The van der Waals surface area contributed by atoms with Crippen molar-refractivity contribution >= 4 is 0 Å². The van der Waals surface area contributed by atoms with Gasteiger partial charge in [-0.3, -0.25) is 0 Å². The Balaban J connectivity index is 2.45. The smallest absolute Gasteiger partial charge is 0.123 e. The molecule has 1 aliphatic heterocycles. The summed E-state index contributed by atoms with van der Waals surface area (Å²) in [4.78, 5) is 0. The Morgan fingerprint density at radius 3 is 3.07 bits per heavy atom. The molecule has 1 aliphatic rings. The molecule has 0 aromatic heterocycles. The van der Waals surface area contributed by atoms with Gasteiger partial charge < -0.3 is 4.74 Å². The number of para-hydroxylation sites is 1. The largest absolute Gasteiger partial charge is 0.493 e. The zero-order valence-electron chi connectivity index (χ0n) is 8.29. The number of rotatable bonds is 1. The Morgan fingerprint density at radius 2 is 2.29 bits per heavy atom. The molecule has 1 atom stereocenters. The average molecular weight is 187 g/mol. The summed E-state index contributed by atoms with van der Waals surface area (Å²) < 4.78 is 5.56. The number of nitrogens with zero attached hydrogens (tertiary/aromatic N) is 1. The van der Waals surface area contributed by atoms with Crippen LogP contribution in [-0.2, 0) is 5.41 Å². The molecular formula is C12H13NO. The highest BCUT2D eigenvalue weighted by atomic mass is 16.5. The van der Waals surface area contributed by atoms with Crippen LogP contribution in [0.25, 0.3) is 0 Å². The van der Waals surface area contributed by atoms with E-state index in [1.165, 1.54) is 5.56 Å². The fourth-order valence-corrected chi connectivity index (χ4v) is 1.97. The number of nitriles is 1. The maximum absolute atomic E-state index is 8.82. The van der Waals surface area contributed by atoms with Gasteiger partial charge in [0.2, 0.25) is 0 Å². The van der Waals surface area contributed by atoms with Gasteiger partial charge in [0.1, 0.15) is 5.75 Å². The van der Waals surface area contributed by atoms with Crippen LogP contribution in [0.5, 0.6) is 5.75 Å². The van der Waals surface area contributed by atoms with E-state index in [-0.39, 0.29) is 5.41 Å². The van der Waals surface area contributed by atoms with Crippen molar-refractivity contribution in [3.8, 4) is 11.8 Å². The lowest BCUT2D eigenvalue weighted by Crippen LogP contribution is -2.29. The second-order valence-electron chi connectivity index (χ2n) is 3.99. The lowest BCUT2D eigenvalue weighted by molar-refractivity contribution is 0.226. The number of hydrogen-bond donors (Lipinski definition) is 0. The highest BCUT2D eigenvalue weighted by Gasteiger charge is 2.32. The Labute approximate surface area is 84.1 Å². The monoisotopic (exact) mass is 187 g/mol. The van der Waals surface area contributed by atoms with Crippen molar-refractivity contribution < 1.29 is 4.74 Å². The molecule has 14 heavy (non-hydrogen) atoms. The van der Waals surface area contributed by atoms with Crippen LogP contribution in [0, 0.1) is 11.3 Å². The normalized spacial score (nSPS) is 24.6. The third-order valence-corrected chi connectivity index (χ3v) is 2.92. The third kappa shape index (κ3) is 1.35. The van der Waals surface area contributed by atoms with Gasteiger partial charge in [-0.1, -0.05) is 25.1 Å². The first kappa shape index (κ1) is 9.08. The summed E-state index contributed by atoms with van der Waals surface area (Å²) in [7, 11) is 0. The molecule has 0 bridgehead atoms. The fourth-order valence-electron chi connectivity index (χ4n) is 1.97. The summed E-state index contributed by atoms with van der Waals surface area (Å²) in [5.74, 6) is 0.941. The van der Waals surface area contributed by atoms with Crippen molar-refractivity contribution in [3.05, 3.63) is 29.8 Å². The molecule has 0 saturated carbocycles. The third-order valence-electron chi connectivity index (χ3n) is 2.92. The van der Waals surface area contributed by atoms with Gasteiger partial charge in [0, 0.05) is 17.4 Å². The van der Waals surface area contributed by atoms with Gasteiger partial charge in [0.15, 0.2) is 0 Å². The first-order chi connectivity index (χ1) is 6.76. The Hall–Kier alpha value is -1.49. The predicted molar refractivity (Wildman–Crippen MR) is 54.1 cm³/mol. The molecule has 0 aliphatic carbocycles. The second kappa shape index (κ2) is 3.34. The fraction of sp³-hybridized carbons (Fsp3) is 0.417. The van der Waals surface area contributed by atoms with E-state index < -0.39 is 0 Å². The van der Waals surface area contributed by atoms with Crippen molar-refractivity contribution in [2.45, 2.75) is 25.2 Å². The molecule has 0 radical (unpaired) electrons. The van der Waals surface area contributed by atoms with E-state index in [1.807, 2.05) is 18.2 Å². The Bertz CT molecular complexity index is 380. The van der Waals surface area contributed by atoms with Crippen LogP contribution in [0.2, 0.25) is 0 Å². The molecule has 1 unspecified atom stereocenters. The number of fused-ring (bicyclic) bond motifs is 1. The van der Waals surface area contributed by atoms with Crippen LogP contribution in [0.4, 0.5) is 0 Å². The molecular weight excluding hydrogens is 174 g/mol. The molecule has 2 heteroatoms. The zero-order valence-corrected chi connectivity index (χ0v) is 8.29. The summed E-state index contributed by atoms with van der Waals surface area (Å²) in [6.45, 7) is 2.85. The molecule has 0 spiro atoms. The maximum Gasteiger partial charge on any atom is 0.123 e. The Morgan fingerprint density at radius 1 is 1.50 bits per heavy atom. The van der Waals surface area contributed by atoms with Crippen LogP contribution in [0.1, 0.15) is 25.3 Å². The number of hydrogen-bond acceptors (Lipinski definition) is 2. The molecule has 2 rings (SSSR count). The van der Waals surface area contributed by atoms with Crippen LogP contribution >= 0.6 is 0 Å². The minimum atomic E-state index is -0.0242. The molecule has 0 N–H and O–H groups in total. The topological polar surface area (TPSA) is 33.0 Å². The SMILES string of the molecule is CC1(CC#N)CCOc2ccccc21. The molecule has 0 fully saturated rings. The maximum atomic E-state index is 8.82. The molecule has 0 amide bonds. The van der Waals surface area contributed by atoms with Crippen LogP contribution in [0.3, 0.4) is 0 Å². The van der Waals surface area contributed by atoms with Gasteiger partial charge in [0.25, 0.3) is 0 Å². The van der Waals surface area contributed by atoms with E-state index in [1.54, 1.807) is 0 Å². The molecule has 0 saturated heterocycles. The highest BCUT2D eigenvalue weighted by Crippen LogP contribution is 2.40. The lowest BCUT2D eigenvalue weighted by atomic mass is 9.76. The quantitative estimate of drug-likeness (QED) is 0.677. The van der Waals surface area contributed by atoms with Crippen LogP contribution in [-0.4, -0.2) is 6.61 Å². The summed E-state index contributed by atoms with van der Waals surface area (Å²) >= 11 is 0. The molecule has 72 valence electrons. The van der Waals surface area contributed by atoms with E-state index in [4.69, 9.17) is 10.00 Å². The molecule has 1 aromatic rings. The van der Waals surface area contributed by atoms with Crippen molar-refractivity contribution in [2.75, 3.05) is 6.61 Å². The van der Waals surface area contributed by atoms with Gasteiger partial charge in [-0.05, 0) is 12.5 Å². The predicted octanol–water partition coefficient (Wildman–Crippen LogP) is 2.64. The minimum absolute atomic E-state index is 0.0242. The lowest BCUT2D eigenvalue weighted by Gasteiger charge is -2.33. The van der Waals surface area contributed by atoms with E-state index in [2.05, 4.69) is 19.1 Å². The first-order valence-corrected chi connectivity index (χ1v) is 4.85. The zero-order chi connectivity index (χ0) is 10.0. The van der Waals surface area contributed by atoms with Crippen molar-refractivity contribution in [1.29, 1.82) is 5.26 Å². The molecule has 1 aromatic carbocycles. The van der Waals surface area contributed by atoms with Gasteiger partial charge in [0.05, 0.1) is 12.7 Å². The number of ether oxygens (including phenoxy) is 1. The minimum Gasteiger partial charge on any atom is -0.493 e. The van der Waals surface area contributed by atoms with Gasteiger partial charge in [-0.15, -0.1) is 0 Å². The van der Waals surface area contributed by atoms with E-state index >= 15 is 0 Å². The van der Waals surface area contributed by atoms with E-state index in [9.17, 15) is 0 Å². The summed E-state index contributed by atoms with van der Waals surface area (Å²) in [6.07, 6.45) is 1.49. The van der Waals surface area contributed by atoms with Crippen LogP contribution < -0.4 is 4.74 Å². The van der Waals surface area contributed by atoms with Crippen molar-refractivity contribution in [2.24, 2.45) is 0 Å². The van der Waals surface area contributed by atoms with Crippen molar-refractivity contribution in [1.82, 2.24) is 0 Å². The number of benzene rings is 1. The average Bonchev–Trinajstić information content (AvgIpc) is 2.19. The van der Waals surface area contributed by atoms with Crippen molar-refractivity contribution in [3.63, 3.8) is 0 Å². The first-order valence-electron chi connectivity index (χ1n) is 4.85. The second-order valence-corrected chi connectivity index (χ2v) is 3.99. The van der Waals surface area contributed by atoms with E-state index in [0.717, 1.165) is 18.8 Å². The van der Waals surface area contributed by atoms with Gasteiger partial charge in [-0.2, -0.15) is 5.26 Å². The Kier molecular flexibility index (Phi) is 2.17.